The van der Waals surface area contributed by atoms with Crippen LogP contribution in [0, 0.1) is 12.3 Å². The van der Waals surface area contributed by atoms with Gasteiger partial charge in [0.25, 0.3) is 5.56 Å². The highest BCUT2D eigenvalue weighted by molar-refractivity contribution is 6.20. The van der Waals surface area contributed by atoms with Gasteiger partial charge in [0.15, 0.2) is 6.39 Å². The normalized spacial score (nSPS) is 15.0. The predicted octanol–water partition coefficient (Wildman–Crippen LogP) is 4.22. The Hall–Kier alpha value is -4.38. The first-order valence-corrected chi connectivity index (χ1v) is 14.2. The maximum absolute atomic E-state index is 13.1. The quantitative estimate of drug-likeness (QED) is 0.193. The number of hydrogen-bond donors (Lipinski definition) is 0. The Kier molecular flexibility index (Phi) is 8.22. The van der Waals surface area contributed by atoms with Crippen LogP contribution in [0.1, 0.15) is 38.6 Å². The number of anilines is 2. The van der Waals surface area contributed by atoms with Gasteiger partial charge in [-0.05, 0) is 58.4 Å². The van der Waals surface area contributed by atoms with Crippen LogP contribution in [0.3, 0.4) is 0 Å². The number of carbonyl (C=O) groups is 2. The van der Waals surface area contributed by atoms with Crippen molar-refractivity contribution in [3.8, 4) is 5.75 Å². The molecule has 0 aliphatic carbocycles. The number of pyridine rings is 1. The maximum Gasteiger partial charge on any atom is 0.261 e. The lowest BCUT2D eigenvalue weighted by Gasteiger charge is -2.27. The molecule has 222 valence electrons. The summed E-state index contributed by atoms with van der Waals surface area (Å²) in [7, 11) is 1.69. The summed E-state index contributed by atoms with van der Waals surface area (Å²) in [5.74, 6) is 0.852. The summed E-state index contributed by atoms with van der Waals surface area (Å²) in [4.78, 5) is 48.8. The van der Waals surface area contributed by atoms with E-state index >= 15 is 0 Å². The van der Waals surface area contributed by atoms with Crippen LogP contribution in [-0.2, 0) is 22.7 Å². The molecule has 42 heavy (non-hydrogen) atoms. The van der Waals surface area contributed by atoms with E-state index in [1.807, 2.05) is 38.1 Å². The molecule has 1 aromatic carbocycles. The number of fused-ring (bicyclic) bond motifs is 2. The predicted molar refractivity (Wildman–Crippen MR) is 159 cm³/mol. The fourth-order valence-electron chi connectivity index (χ4n) is 5.39. The van der Waals surface area contributed by atoms with Gasteiger partial charge < -0.3 is 27.9 Å². The molecule has 0 spiro atoms. The van der Waals surface area contributed by atoms with Crippen LogP contribution in [0.25, 0.3) is 11.0 Å². The number of oxazole rings is 1. The number of ether oxygens (including phenoxy) is 1. The molecule has 3 aromatic heterocycles. The molecule has 0 bridgehead atoms. The standard InChI is InChI=1S/C31H37N5O6/c1-6-36-25-9-8-23(17-26(25)33(5)29(38)31(3,4)30(36)39)41-15-7-11-34(18-22-19-40-20-32-22)13-14-35-12-10-27-24(28(35)37)16-21(2)42-27/h8-10,12,16-17,19-20H,6-7,11,13-15,18H2,1-5H3. The topological polar surface area (TPSA) is 114 Å². The van der Waals surface area contributed by atoms with Crippen LogP contribution in [0.4, 0.5) is 11.4 Å². The van der Waals surface area contributed by atoms with Crippen molar-refractivity contribution in [3.05, 3.63) is 71.0 Å². The number of amides is 2. The number of aryl methyl sites for hydroxylation is 1. The maximum atomic E-state index is 13.1. The van der Waals surface area contributed by atoms with Gasteiger partial charge in [-0.2, -0.15) is 0 Å². The Morgan fingerprint density at radius 2 is 1.86 bits per heavy atom. The SMILES string of the molecule is CCN1C(=O)C(C)(C)C(=O)N(C)c2cc(OCCCN(CCn3ccc4oc(C)cc4c3=O)Cc3cocn3)ccc21. The fraction of sp³-hybridized carbons (Fsp3) is 0.419. The molecule has 4 heterocycles. The van der Waals surface area contributed by atoms with Crippen LogP contribution >= 0.6 is 0 Å². The number of carbonyl (C=O) groups excluding carboxylic acids is 2. The Morgan fingerprint density at radius 1 is 1.05 bits per heavy atom. The molecule has 0 unspecified atom stereocenters. The summed E-state index contributed by atoms with van der Waals surface area (Å²) >= 11 is 0. The Bertz CT molecular complexity index is 1640. The molecule has 5 rings (SSSR count). The molecule has 0 saturated carbocycles. The molecule has 0 saturated heterocycles. The van der Waals surface area contributed by atoms with Gasteiger partial charge in [-0.1, -0.05) is 0 Å². The zero-order valence-corrected chi connectivity index (χ0v) is 24.8. The number of furan rings is 1. The first-order chi connectivity index (χ1) is 20.1. The van der Waals surface area contributed by atoms with Crippen molar-refractivity contribution in [1.82, 2.24) is 14.5 Å². The zero-order chi connectivity index (χ0) is 30.0. The smallest absolute Gasteiger partial charge is 0.261 e. The molecule has 4 aromatic rings. The van der Waals surface area contributed by atoms with Gasteiger partial charge in [-0.15, -0.1) is 0 Å². The second-order valence-corrected chi connectivity index (χ2v) is 11.1. The van der Waals surface area contributed by atoms with E-state index in [2.05, 4.69) is 9.88 Å². The second-order valence-electron chi connectivity index (χ2n) is 11.1. The summed E-state index contributed by atoms with van der Waals surface area (Å²) < 4.78 is 18.5. The lowest BCUT2D eigenvalue weighted by molar-refractivity contribution is -0.137. The van der Waals surface area contributed by atoms with Crippen molar-refractivity contribution in [3.63, 3.8) is 0 Å². The first kappa shape index (κ1) is 29.1. The summed E-state index contributed by atoms with van der Waals surface area (Å²) in [6.45, 7) is 10.4. The first-order valence-electron chi connectivity index (χ1n) is 14.2. The number of benzene rings is 1. The van der Waals surface area contributed by atoms with Crippen LogP contribution in [0.5, 0.6) is 5.75 Å². The van der Waals surface area contributed by atoms with E-state index in [-0.39, 0.29) is 17.4 Å². The number of hydrogen-bond acceptors (Lipinski definition) is 8. The zero-order valence-electron chi connectivity index (χ0n) is 24.8. The molecule has 0 atom stereocenters. The molecule has 0 N–H and O–H groups in total. The number of aromatic nitrogens is 2. The third-order valence-electron chi connectivity index (χ3n) is 7.73. The molecule has 2 amide bonds. The largest absolute Gasteiger partial charge is 0.493 e. The van der Waals surface area contributed by atoms with E-state index in [1.54, 1.807) is 53.8 Å². The van der Waals surface area contributed by atoms with Crippen LogP contribution < -0.4 is 20.1 Å². The Labute approximate surface area is 244 Å². The van der Waals surface area contributed by atoms with Crippen molar-refractivity contribution in [2.75, 3.05) is 43.1 Å². The van der Waals surface area contributed by atoms with Crippen molar-refractivity contribution in [2.45, 2.75) is 47.2 Å². The van der Waals surface area contributed by atoms with E-state index in [9.17, 15) is 14.4 Å². The molecular formula is C31H37N5O6. The summed E-state index contributed by atoms with van der Waals surface area (Å²) in [6.07, 6.45) is 5.50. The fourth-order valence-corrected chi connectivity index (χ4v) is 5.39. The monoisotopic (exact) mass is 575 g/mol. The van der Waals surface area contributed by atoms with Crippen molar-refractivity contribution in [1.29, 1.82) is 0 Å². The summed E-state index contributed by atoms with van der Waals surface area (Å²) in [6, 6.07) is 9.08. The Morgan fingerprint density at radius 3 is 2.60 bits per heavy atom. The van der Waals surface area contributed by atoms with E-state index in [0.717, 1.165) is 5.69 Å². The minimum absolute atomic E-state index is 0.0764. The molecule has 1 aliphatic rings. The van der Waals surface area contributed by atoms with Crippen LogP contribution in [-0.4, -0.2) is 59.6 Å². The van der Waals surface area contributed by atoms with E-state index in [4.69, 9.17) is 13.6 Å². The molecule has 1 aliphatic heterocycles. The lowest BCUT2D eigenvalue weighted by atomic mass is 9.90. The average Bonchev–Trinajstić information content (AvgIpc) is 3.62. The molecule has 0 fully saturated rings. The van der Waals surface area contributed by atoms with Gasteiger partial charge in [0.05, 0.1) is 29.1 Å². The van der Waals surface area contributed by atoms with Gasteiger partial charge in [0.2, 0.25) is 11.8 Å². The minimum Gasteiger partial charge on any atom is -0.493 e. The van der Waals surface area contributed by atoms with E-state index < -0.39 is 5.41 Å². The Balaban J connectivity index is 1.24. The average molecular weight is 576 g/mol. The van der Waals surface area contributed by atoms with Gasteiger partial charge in [-0.25, -0.2) is 4.98 Å². The van der Waals surface area contributed by atoms with Crippen molar-refractivity contribution < 1.29 is 23.2 Å². The summed E-state index contributed by atoms with van der Waals surface area (Å²) in [5, 5.41) is 0.578. The molecule has 11 heteroatoms. The molecule has 0 radical (unpaired) electrons. The third kappa shape index (κ3) is 5.69. The van der Waals surface area contributed by atoms with Gasteiger partial charge in [-0.3, -0.25) is 19.3 Å². The number of rotatable bonds is 11. The van der Waals surface area contributed by atoms with Gasteiger partial charge >= 0.3 is 0 Å². The lowest BCUT2D eigenvalue weighted by Crippen LogP contribution is -2.47. The van der Waals surface area contributed by atoms with Crippen LogP contribution in [0.2, 0.25) is 0 Å². The van der Waals surface area contributed by atoms with Gasteiger partial charge in [0, 0.05) is 52.0 Å². The van der Waals surface area contributed by atoms with Gasteiger partial charge in [0.1, 0.15) is 28.8 Å². The molecule has 11 nitrogen and oxygen atoms in total. The van der Waals surface area contributed by atoms with Crippen LogP contribution in [0.15, 0.2) is 62.8 Å². The third-order valence-corrected chi connectivity index (χ3v) is 7.73. The highest BCUT2D eigenvalue weighted by Gasteiger charge is 2.45. The summed E-state index contributed by atoms with van der Waals surface area (Å²) in [5.41, 5.74) is 1.49. The minimum atomic E-state index is -1.16. The van der Waals surface area contributed by atoms with E-state index in [1.165, 1.54) is 6.39 Å². The van der Waals surface area contributed by atoms with Crippen molar-refractivity contribution >= 4 is 34.2 Å². The highest BCUT2D eigenvalue weighted by Crippen LogP contribution is 2.40. The second kappa shape index (κ2) is 11.8. The van der Waals surface area contributed by atoms with E-state index in [0.29, 0.717) is 79.6 Å². The molecular weight excluding hydrogens is 538 g/mol. The number of nitrogens with zero attached hydrogens (tertiary/aromatic N) is 5. The highest BCUT2D eigenvalue weighted by atomic mass is 16.5. The van der Waals surface area contributed by atoms with Crippen molar-refractivity contribution in [2.24, 2.45) is 5.41 Å².